The molecule has 0 spiro atoms. The van der Waals surface area contributed by atoms with Gasteiger partial charge in [0, 0.05) is 43.2 Å². The van der Waals surface area contributed by atoms with Gasteiger partial charge in [0.05, 0.1) is 25.3 Å². The van der Waals surface area contributed by atoms with Gasteiger partial charge in [-0.2, -0.15) is 0 Å². The molecule has 0 radical (unpaired) electrons. The van der Waals surface area contributed by atoms with Gasteiger partial charge in [0.1, 0.15) is 5.82 Å². The van der Waals surface area contributed by atoms with E-state index in [0.29, 0.717) is 65.4 Å². The smallest absolute Gasteiger partial charge is 0.403 e. The second kappa shape index (κ2) is 11.3. The van der Waals surface area contributed by atoms with Crippen molar-refractivity contribution in [3.8, 4) is 62.4 Å². The maximum absolute atomic E-state index is 15.3. The van der Waals surface area contributed by atoms with Crippen LogP contribution in [0.4, 0.5) is 22.0 Å². The lowest BCUT2D eigenvalue weighted by Crippen LogP contribution is -2.18. The highest BCUT2D eigenvalue weighted by Crippen LogP contribution is 2.62. The quantitative estimate of drug-likeness (QED) is 0.107. The average molecular weight is 671 g/mol. The summed E-state index contributed by atoms with van der Waals surface area (Å²) < 4.78 is 73.2. The number of ether oxygens (including phenoxy) is 1. The predicted molar refractivity (Wildman–Crippen MR) is 174 cm³/mol. The number of nitriles is 2. The van der Waals surface area contributed by atoms with Crippen LogP contribution in [0.1, 0.15) is 26.4 Å². The van der Waals surface area contributed by atoms with Crippen molar-refractivity contribution in [1.29, 1.82) is 10.5 Å². The van der Waals surface area contributed by atoms with Gasteiger partial charge in [0.25, 0.3) is 11.4 Å². The number of nitrogens with zero attached hydrogens (tertiary/aromatic N) is 4. The molecule has 0 unspecified atom stereocenters. The molecule has 11 heteroatoms. The average Bonchev–Trinajstić information content (AvgIpc) is 3.70. The monoisotopic (exact) mass is 670 g/mol. The van der Waals surface area contributed by atoms with Crippen molar-refractivity contribution in [3.05, 3.63) is 145 Å². The maximum Gasteiger partial charge on any atom is 0.573 e. The summed E-state index contributed by atoms with van der Waals surface area (Å²) >= 11 is 1.18. The number of rotatable bonds is 3. The van der Waals surface area contributed by atoms with Crippen LogP contribution in [0.15, 0.2) is 84.2 Å². The molecule has 49 heavy (non-hydrogen) atoms. The summed E-state index contributed by atoms with van der Waals surface area (Å²) in [5.74, 6) is -2.65. The van der Waals surface area contributed by atoms with Gasteiger partial charge in [0.2, 0.25) is 0 Å². The van der Waals surface area contributed by atoms with E-state index in [1.807, 2.05) is 12.1 Å². The van der Waals surface area contributed by atoms with Crippen LogP contribution in [0.2, 0.25) is 0 Å². The van der Waals surface area contributed by atoms with E-state index >= 15 is 8.78 Å². The van der Waals surface area contributed by atoms with E-state index in [1.54, 1.807) is 49.4 Å². The van der Waals surface area contributed by atoms with Crippen LogP contribution in [0, 0.1) is 54.4 Å². The molecule has 0 N–H and O–H groups in total. The van der Waals surface area contributed by atoms with Crippen molar-refractivity contribution >= 4 is 22.5 Å². The highest BCUT2D eigenvalue weighted by Gasteiger charge is 2.40. The van der Waals surface area contributed by atoms with E-state index in [0.717, 1.165) is 6.07 Å². The molecular formula is C38H15F5N4OS. The molecule has 2 aliphatic rings. The number of fused-ring (bicyclic) bond motifs is 7. The molecule has 5 nitrogen and oxygen atoms in total. The Morgan fingerprint density at radius 2 is 1.18 bits per heavy atom. The Morgan fingerprint density at radius 1 is 0.694 bits per heavy atom. The number of hydrogen-bond acceptors (Lipinski definition) is 4. The minimum atomic E-state index is -5.11. The molecule has 0 fully saturated rings. The van der Waals surface area contributed by atoms with Gasteiger partial charge >= 0.3 is 6.36 Å². The van der Waals surface area contributed by atoms with Crippen molar-refractivity contribution in [3.63, 3.8) is 0 Å². The number of benzene rings is 4. The molecule has 0 amide bonds. The molecule has 1 aromatic heterocycles. The lowest BCUT2D eigenvalue weighted by Gasteiger charge is -2.13. The van der Waals surface area contributed by atoms with Crippen LogP contribution in [0.3, 0.4) is 0 Å². The highest BCUT2D eigenvalue weighted by molar-refractivity contribution is 7.16. The molecule has 5 aromatic rings. The van der Waals surface area contributed by atoms with E-state index in [2.05, 4.69) is 14.4 Å². The third-order valence-corrected chi connectivity index (χ3v) is 9.62. The summed E-state index contributed by atoms with van der Waals surface area (Å²) in [6.45, 7) is 17.2. The van der Waals surface area contributed by atoms with Crippen molar-refractivity contribution in [2.75, 3.05) is 0 Å². The first-order valence-electron chi connectivity index (χ1n) is 14.3. The molecule has 0 bridgehead atoms. The fourth-order valence-electron chi connectivity index (χ4n) is 6.37. The fourth-order valence-corrected chi connectivity index (χ4v) is 7.82. The molecule has 0 saturated carbocycles. The van der Waals surface area contributed by atoms with Crippen LogP contribution in [-0.2, 0) is 0 Å². The normalized spacial score (nSPS) is 14.3. The van der Waals surface area contributed by atoms with Gasteiger partial charge in [-0.1, -0.05) is 54.6 Å². The van der Waals surface area contributed by atoms with Gasteiger partial charge < -0.3 is 4.74 Å². The van der Waals surface area contributed by atoms with E-state index < -0.39 is 23.7 Å². The van der Waals surface area contributed by atoms with Crippen LogP contribution < -0.4 is 4.74 Å². The third-order valence-electron chi connectivity index (χ3n) is 8.39. The van der Waals surface area contributed by atoms with Crippen molar-refractivity contribution in [1.82, 2.24) is 0 Å². The lowest BCUT2D eigenvalue weighted by atomic mass is 9.93. The van der Waals surface area contributed by atoms with Crippen LogP contribution in [-0.4, -0.2) is 6.36 Å². The number of aryl methyl sites for hydroxylation is 1. The molecule has 0 atom stereocenters. The topological polar surface area (TPSA) is 65.5 Å². The van der Waals surface area contributed by atoms with Crippen molar-refractivity contribution < 1.29 is 26.7 Å². The Hall–Kier alpha value is -6.53. The summed E-state index contributed by atoms with van der Waals surface area (Å²) in [7, 11) is 0. The molecule has 2 aliphatic carbocycles. The minimum absolute atomic E-state index is 0.182. The Bertz CT molecular complexity index is 2520. The minimum Gasteiger partial charge on any atom is -0.403 e. The van der Waals surface area contributed by atoms with Gasteiger partial charge in [-0.3, -0.25) is 0 Å². The summed E-state index contributed by atoms with van der Waals surface area (Å²) in [5, 5.41) is 20.0. The zero-order valence-corrected chi connectivity index (χ0v) is 25.7. The number of allylic oxidation sites excluding steroid dienone is 2. The van der Waals surface area contributed by atoms with E-state index in [-0.39, 0.29) is 28.1 Å². The largest absolute Gasteiger partial charge is 0.573 e. The molecular weight excluding hydrogens is 656 g/mol. The first kappa shape index (κ1) is 31.1. The van der Waals surface area contributed by atoms with Gasteiger partial charge in [-0.15, -0.1) is 24.5 Å². The zero-order valence-electron chi connectivity index (χ0n) is 24.9. The Kier molecular flexibility index (Phi) is 7.18. The summed E-state index contributed by atoms with van der Waals surface area (Å²) in [4.78, 5) is 8.01. The van der Waals surface area contributed by atoms with Gasteiger partial charge in [-0.05, 0) is 64.1 Å². The number of halogens is 5. The van der Waals surface area contributed by atoms with Crippen molar-refractivity contribution in [2.24, 2.45) is 0 Å². The van der Waals surface area contributed by atoms with E-state index in [1.165, 1.54) is 35.6 Å². The highest BCUT2D eigenvalue weighted by atomic mass is 32.1. The lowest BCUT2D eigenvalue weighted by molar-refractivity contribution is -0.275. The van der Waals surface area contributed by atoms with Crippen LogP contribution in [0.5, 0.6) is 5.75 Å². The van der Waals surface area contributed by atoms with Crippen LogP contribution >= 0.6 is 11.3 Å². The Morgan fingerprint density at radius 3 is 1.65 bits per heavy atom. The summed E-state index contributed by atoms with van der Waals surface area (Å²) in [6, 6.07) is 22.2. The van der Waals surface area contributed by atoms with Gasteiger partial charge in [0.15, 0.2) is 11.6 Å². The molecule has 4 aromatic carbocycles. The fraction of sp³-hybridized carbons (Fsp3) is 0.0526. The van der Waals surface area contributed by atoms with Gasteiger partial charge in [-0.25, -0.2) is 29.0 Å². The summed E-state index contributed by atoms with van der Waals surface area (Å²) in [5.41, 5.74) is 4.87. The molecule has 0 saturated heterocycles. The maximum atomic E-state index is 15.3. The number of thiophene rings is 1. The molecule has 1 heterocycles. The second-order valence-electron chi connectivity index (χ2n) is 11.0. The molecule has 234 valence electrons. The first-order valence-corrected chi connectivity index (χ1v) is 15.1. The van der Waals surface area contributed by atoms with Crippen molar-refractivity contribution in [2.45, 2.75) is 13.3 Å². The zero-order chi connectivity index (χ0) is 34.8. The van der Waals surface area contributed by atoms with E-state index in [9.17, 15) is 23.7 Å². The third kappa shape index (κ3) is 4.76. The predicted octanol–water partition coefficient (Wildman–Crippen LogP) is 10.9. The van der Waals surface area contributed by atoms with E-state index in [4.69, 9.17) is 13.1 Å². The number of hydrogen-bond donors (Lipinski definition) is 0. The Labute approximate surface area is 279 Å². The number of alkyl halides is 3. The molecule has 7 rings (SSSR count). The molecule has 0 aliphatic heterocycles. The van der Waals surface area contributed by atoms with Crippen LogP contribution in [0.25, 0.3) is 65.3 Å². The second-order valence-corrected chi connectivity index (χ2v) is 12.0. The standard InChI is InChI=1S/C38H15F5N4OS/c1-18-6-4-7-21(34(18)39)19-10-12-23-25(14-19)30(27(16-44)46-2)36-32(23)33-24-13-11-20(15-26(24)31(37(33)49-36)28(17-45)47-3)22-8-5-9-29(35(22)40)48-38(41,42)43/h4-15H,1H3/b30-27+,31-28-. The SMILES string of the molecule is [C-]#[N+]/C(C#N)=C1/c2cc(-c3cccc(OC(F)(F)F)c3F)ccc2-c2c1sc1c2-c2ccc(-c3cccc(C)c3F)cc2/C1=C(/C#N)[N+]#[C-]. The first-order chi connectivity index (χ1) is 23.5. The Balaban J connectivity index is 1.49. The summed E-state index contributed by atoms with van der Waals surface area (Å²) in [6.07, 6.45) is -5.11.